The maximum Gasteiger partial charge on any atom is 0.338 e. The first-order valence-corrected chi connectivity index (χ1v) is 9.80. The number of amides is 2. The Morgan fingerprint density at radius 1 is 0.931 bits per heavy atom. The molecule has 0 fully saturated rings. The first-order valence-electron chi connectivity index (χ1n) is 8.92. The summed E-state index contributed by atoms with van der Waals surface area (Å²) in [6, 6.07) is 15.4. The van der Waals surface area contributed by atoms with Crippen molar-refractivity contribution >= 4 is 40.5 Å². The van der Waals surface area contributed by atoms with E-state index in [1.807, 2.05) is 31.4 Å². The topological polar surface area (TPSA) is 84.5 Å². The molecule has 7 heteroatoms. The fourth-order valence-corrected chi connectivity index (χ4v) is 3.20. The molecule has 0 aliphatic rings. The summed E-state index contributed by atoms with van der Waals surface area (Å²) in [5.41, 5.74) is 3.57. The van der Waals surface area contributed by atoms with Gasteiger partial charge in [-0.15, -0.1) is 11.3 Å². The second kappa shape index (κ2) is 9.16. The van der Waals surface area contributed by atoms with Crippen molar-refractivity contribution in [3.63, 3.8) is 0 Å². The summed E-state index contributed by atoms with van der Waals surface area (Å²) in [5, 5.41) is 7.32. The SMILES string of the molecule is Cc1cccc(NC(=O)COC(=O)c2ccc(NC(=O)c3cccs3)cc2)c1C. The standard InChI is InChI=1S/C22H20N2O4S/c1-14-5-3-6-18(15(14)2)24-20(25)13-28-22(27)16-8-10-17(11-9-16)23-21(26)19-7-4-12-29-19/h3-12H,13H2,1-2H3,(H,23,26)(H,24,25). The molecule has 2 amide bonds. The molecular weight excluding hydrogens is 388 g/mol. The number of ether oxygens (including phenoxy) is 1. The van der Waals surface area contributed by atoms with Gasteiger partial charge in [-0.05, 0) is 66.8 Å². The van der Waals surface area contributed by atoms with Crippen LogP contribution in [0.5, 0.6) is 0 Å². The quantitative estimate of drug-likeness (QED) is 0.592. The molecule has 0 spiro atoms. The smallest absolute Gasteiger partial charge is 0.338 e. The highest BCUT2D eigenvalue weighted by atomic mass is 32.1. The fraction of sp³-hybridized carbons (Fsp3) is 0.136. The van der Waals surface area contributed by atoms with E-state index in [1.165, 1.54) is 23.5 Å². The molecule has 2 aromatic carbocycles. The summed E-state index contributed by atoms with van der Waals surface area (Å²) in [4.78, 5) is 36.8. The molecule has 29 heavy (non-hydrogen) atoms. The Hall–Kier alpha value is -3.45. The van der Waals surface area contributed by atoms with Crippen LogP contribution in [0.1, 0.15) is 31.2 Å². The third-order valence-corrected chi connectivity index (χ3v) is 5.21. The predicted molar refractivity (Wildman–Crippen MR) is 114 cm³/mol. The number of thiophene rings is 1. The Labute approximate surface area is 172 Å². The lowest BCUT2D eigenvalue weighted by atomic mass is 10.1. The fourth-order valence-electron chi connectivity index (χ4n) is 2.58. The molecule has 3 aromatic rings. The second-order valence-corrected chi connectivity index (χ2v) is 7.33. The Morgan fingerprint density at radius 2 is 1.69 bits per heavy atom. The van der Waals surface area contributed by atoms with Gasteiger partial charge >= 0.3 is 5.97 Å². The van der Waals surface area contributed by atoms with Crippen molar-refractivity contribution in [3.8, 4) is 0 Å². The number of anilines is 2. The van der Waals surface area contributed by atoms with Gasteiger partial charge in [0.05, 0.1) is 10.4 Å². The summed E-state index contributed by atoms with van der Waals surface area (Å²) in [7, 11) is 0. The number of esters is 1. The highest BCUT2D eigenvalue weighted by molar-refractivity contribution is 7.12. The van der Waals surface area contributed by atoms with Crippen molar-refractivity contribution in [2.45, 2.75) is 13.8 Å². The first kappa shape index (κ1) is 20.3. The molecule has 6 nitrogen and oxygen atoms in total. The zero-order valence-corrected chi connectivity index (χ0v) is 16.8. The van der Waals surface area contributed by atoms with Gasteiger partial charge in [-0.1, -0.05) is 18.2 Å². The molecule has 2 N–H and O–H groups in total. The van der Waals surface area contributed by atoms with Crippen LogP contribution in [0, 0.1) is 13.8 Å². The van der Waals surface area contributed by atoms with E-state index in [0.29, 0.717) is 21.8 Å². The molecule has 0 aliphatic heterocycles. The third kappa shape index (κ3) is 5.30. The Balaban J connectivity index is 1.52. The third-order valence-electron chi connectivity index (χ3n) is 4.34. The van der Waals surface area contributed by atoms with E-state index in [0.717, 1.165) is 11.1 Å². The zero-order valence-electron chi connectivity index (χ0n) is 16.0. The maximum absolute atomic E-state index is 12.2. The second-order valence-electron chi connectivity index (χ2n) is 6.38. The van der Waals surface area contributed by atoms with Gasteiger partial charge in [-0.25, -0.2) is 4.79 Å². The minimum absolute atomic E-state index is 0.210. The molecule has 1 heterocycles. The van der Waals surface area contributed by atoms with Gasteiger partial charge in [0.15, 0.2) is 6.61 Å². The van der Waals surface area contributed by atoms with E-state index in [-0.39, 0.29) is 12.5 Å². The number of aryl methyl sites for hydroxylation is 1. The van der Waals surface area contributed by atoms with Gasteiger partial charge in [0, 0.05) is 11.4 Å². The van der Waals surface area contributed by atoms with Crippen LogP contribution in [0.15, 0.2) is 60.0 Å². The predicted octanol–water partition coefficient (Wildman–Crippen LogP) is 4.41. The number of carbonyl (C=O) groups excluding carboxylic acids is 3. The molecule has 1 aromatic heterocycles. The summed E-state index contributed by atoms with van der Waals surface area (Å²) in [6.07, 6.45) is 0. The molecule has 0 atom stereocenters. The summed E-state index contributed by atoms with van der Waals surface area (Å²) < 4.78 is 5.08. The largest absolute Gasteiger partial charge is 0.452 e. The highest BCUT2D eigenvalue weighted by Crippen LogP contribution is 2.18. The van der Waals surface area contributed by atoms with E-state index in [1.54, 1.807) is 30.3 Å². The highest BCUT2D eigenvalue weighted by Gasteiger charge is 2.12. The lowest BCUT2D eigenvalue weighted by Crippen LogP contribution is -2.21. The summed E-state index contributed by atoms with van der Waals surface area (Å²) >= 11 is 1.35. The van der Waals surface area contributed by atoms with Gasteiger partial charge in [-0.2, -0.15) is 0 Å². The lowest BCUT2D eigenvalue weighted by Gasteiger charge is -2.11. The van der Waals surface area contributed by atoms with Crippen LogP contribution < -0.4 is 10.6 Å². The van der Waals surface area contributed by atoms with Gasteiger partial charge < -0.3 is 15.4 Å². The molecular formula is C22H20N2O4S. The van der Waals surface area contributed by atoms with Gasteiger partial charge in [-0.3, -0.25) is 9.59 Å². The molecule has 0 saturated carbocycles. The summed E-state index contributed by atoms with van der Waals surface area (Å²) in [6.45, 7) is 3.48. The number of benzene rings is 2. The molecule has 0 bridgehead atoms. The van der Waals surface area contributed by atoms with E-state index < -0.39 is 11.9 Å². The Kier molecular flexibility index (Phi) is 6.41. The lowest BCUT2D eigenvalue weighted by molar-refractivity contribution is -0.119. The number of carbonyl (C=O) groups is 3. The molecule has 0 aliphatic carbocycles. The Bertz CT molecular complexity index is 1030. The molecule has 0 unspecified atom stereocenters. The number of nitrogens with one attached hydrogen (secondary N) is 2. The van der Waals surface area contributed by atoms with Crippen molar-refractivity contribution in [2.24, 2.45) is 0 Å². The first-order chi connectivity index (χ1) is 13.9. The van der Waals surface area contributed by atoms with Crippen LogP contribution in [0.3, 0.4) is 0 Å². The maximum atomic E-state index is 12.2. The molecule has 0 saturated heterocycles. The van der Waals surface area contributed by atoms with Crippen LogP contribution >= 0.6 is 11.3 Å². The van der Waals surface area contributed by atoms with Crippen LogP contribution in [-0.2, 0) is 9.53 Å². The molecule has 3 rings (SSSR count). The van der Waals surface area contributed by atoms with E-state index >= 15 is 0 Å². The Morgan fingerprint density at radius 3 is 2.38 bits per heavy atom. The zero-order chi connectivity index (χ0) is 20.8. The van der Waals surface area contributed by atoms with Crippen molar-refractivity contribution in [2.75, 3.05) is 17.2 Å². The van der Waals surface area contributed by atoms with Crippen molar-refractivity contribution < 1.29 is 19.1 Å². The number of hydrogen-bond acceptors (Lipinski definition) is 5. The van der Waals surface area contributed by atoms with Crippen molar-refractivity contribution in [1.82, 2.24) is 0 Å². The van der Waals surface area contributed by atoms with Crippen molar-refractivity contribution in [1.29, 1.82) is 0 Å². The number of rotatable bonds is 6. The molecule has 148 valence electrons. The average molecular weight is 408 g/mol. The minimum Gasteiger partial charge on any atom is -0.452 e. The summed E-state index contributed by atoms with van der Waals surface area (Å²) in [5.74, 6) is -1.23. The van der Waals surface area contributed by atoms with Crippen LogP contribution in [0.2, 0.25) is 0 Å². The van der Waals surface area contributed by atoms with E-state index in [9.17, 15) is 14.4 Å². The van der Waals surface area contributed by atoms with Crippen LogP contribution in [-0.4, -0.2) is 24.4 Å². The van der Waals surface area contributed by atoms with E-state index in [2.05, 4.69) is 10.6 Å². The molecule has 0 radical (unpaired) electrons. The van der Waals surface area contributed by atoms with Crippen molar-refractivity contribution in [3.05, 3.63) is 81.5 Å². The van der Waals surface area contributed by atoms with Gasteiger partial charge in [0.1, 0.15) is 0 Å². The normalized spacial score (nSPS) is 10.3. The van der Waals surface area contributed by atoms with Gasteiger partial charge in [0.2, 0.25) is 0 Å². The minimum atomic E-state index is -0.614. The number of hydrogen-bond donors (Lipinski definition) is 2. The average Bonchev–Trinajstić information content (AvgIpc) is 3.25. The van der Waals surface area contributed by atoms with Crippen LogP contribution in [0.25, 0.3) is 0 Å². The monoisotopic (exact) mass is 408 g/mol. The van der Waals surface area contributed by atoms with Crippen LogP contribution in [0.4, 0.5) is 11.4 Å². The van der Waals surface area contributed by atoms with E-state index in [4.69, 9.17) is 4.74 Å². The van der Waals surface area contributed by atoms with Gasteiger partial charge in [0.25, 0.3) is 11.8 Å².